The van der Waals surface area contributed by atoms with Gasteiger partial charge in [0.25, 0.3) is 0 Å². The molecule has 4 aliphatic heterocycles. The number of nitrogens with one attached hydrogen (secondary N) is 4. The molecule has 0 aromatic carbocycles. The summed E-state index contributed by atoms with van der Waals surface area (Å²) in [7, 11) is 0. The van der Waals surface area contributed by atoms with Gasteiger partial charge in [-0.1, -0.05) is 50.6 Å². The SMILES string of the molecule is C=Cc1c(C)c2cc3[nH]c(cc4nc(cc5nc(cc1[nH]2)C(C)=C5CCC(=O)O)C(CCC(=O)O)=C4C)c(C)c3C=C.C=Cc1c(C)c2cc3[nH]c(cc4nc(cc5nc(cc1[nH]2)C(C)=C5CCC(=O)O)C(CCC(=O)O)=C4C)c(C)c3C=C.O.[Fe+3].[Fe+3]. The van der Waals surface area contributed by atoms with Crippen LogP contribution in [0.5, 0.6) is 0 Å². The van der Waals surface area contributed by atoms with Crippen molar-refractivity contribution in [2.24, 2.45) is 0 Å². The number of aromatic amines is 4. The number of allylic oxidation sites excluding steroid dienone is 8. The molecule has 16 bridgehead atoms. The van der Waals surface area contributed by atoms with Gasteiger partial charge in [0.2, 0.25) is 0 Å². The van der Waals surface area contributed by atoms with Crippen molar-refractivity contribution in [1.29, 1.82) is 0 Å². The second kappa shape index (κ2) is 27.6. The largest absolute Gasteiger partial charge is 3.00 e. The van der Waals surface area contributed by atoms with Gasteiger partial charge in [-0.05, 0) is 196 Å². The molecule has 6 aromatic heterocycles. The molecular formula is C68H70Fe2N8O9+6. The number of H-pyrrole nitrogens is 4. The fourth-order valence-electron chi connectivity index (χ4n) is 11.5. The third kappa shape index (κ3) is 13.5. The van der Waals surface area contributed by atoms with Crippen molar-refractivity contribution in [2.75, 3.05) is 0 Å². The Kier molecular flexibility index (Phi) is 21.3. The Morgan fingerprint density at radius 1 is 0.345 bits per heavy atom. The summed E-state index contributed by atoms with van der Waals surface area (Å²) < 4.78 is 0. The van der Waals surface area contributed by atoms with Crippen molar-refractivity contribution in [3.8, 4) is 0 Å². The number of aromatic nitrogens is 8. The van der Waals surface area contributed by atoms with Gasteiger partial charge in [-0.2, -0.15) is 0 Å². The van der Waals surface area contributed by atoms with E-state index < -0.39 is 23.9 Å². The maximum absolute atomic E-state index is 11.5. The fraction of sp³-hybridized carbons (Fsp3) is 0.235. The molecule has 0 spiro atoms. The third-order valence-corrected chi connectivity index (χ3v) is 16.4. The van der Waals surface area contributed by atoms with Crippen molar-refractivity contribution in [3.05, 3.63) is 165 Å². The summed E-state index contributed by atoms with van der Waals surface area (Å²) >= 11 is 0. The average Bonchev–Trinajstić information content (AvgIpc) is 1.70. The van der Waals surface area contributed by atoms with Crippen LogP contribution in [-0.2, 0) is 53.3 Å². The molecule has 0 atom stereocenters. The van der Waals surface area contributed by atoms with Crippen molar-refractivity contribution < 1.29 is 79.2 Å². The summed E-state index contributed by atoms with van der Waals surface area (Å²) in [5, 5.41) is 37.8. The van der Waals surface area contributed by atoms with Gasteiger partial charge in [0, 0.05) is 92.1 Å². The van der Waals surface area contributed by atoms with Crippen LogP contribution in [0.3, 0.4) is 0 Å². The average molecular weight is 1260 g/mol. The zero-order valence-corrected chi connectivity index (χ0v) is 52.0. The molecule has 10 N–H and O–H groups in total. The van der Waals surface area contributed by atoms with E-state index in [1.165, 1.54) is 0 Å². The Morgan fingerprint density at radius 3 is 0.747 bits per heavy atom. The van der Waals surface area contributed by atoms with Crippen LogP contribution in [0.15, 0.2) is 74.8 Å². The molecule has 0 aliphatic carbocycles. The molecular weight excluding hydrogens is 1180 g/mol. The second-order valence-corrected chi connectivity index (χ2v) is 21.5. The minimum Gasteiger partial charge on any atom is -0.481 e. The first-order valence-corrected chi connectivity index (χ1v) is 27.7. The first kappa shape index (κ1) is 67.2. The van der Waals surface area contributed by atoms with Crippen LogP contribution in [0.25, 0.3) is 113 Å². The number of carboxylic acid groups (broad SMARTS) is 4. The molecule has 17 nitrogen and oxygen atoms in total. The maximum atomic E-state index is 11.5. The summed E-state index contributed by atoms with van der Waals surface area (Å²) in [6.45, 7) is 32.1. The van der Waals surface area contributed by atoms with Crippen LogP contribution in [0.4, 0.5) is 0 Å². The van der Waals surface area contributed by atoms with Gasteiger partial charge in [0.05, 0.1) is 45.6 Å². The molecule has 0 fully saturated rings. The molecule has 6 aromatic rings. The molecule has 10 heterocycles. The van der Waals surface area contributed by atoms with E-state index in [2.05, 4.69) is 58.4 Å². The number of rotatable bonds is 16. The zero-order chi connectivity index (χ0) is 60.6. The first-order valence-electron chi connectivity index (χ1n) is 27.7. The summed E-state index contributed by atoms with van der Waals surface area (Å²) in [4.78, 5) is 80.0. The Balaban J connectivity index is 0.000000269. The molecule has 87 heavy (non-hydrogen) atoms. The van der Waals surface area contributed by atoms with Crippen molar-refractivity contribution in [3.63, 3.8) is 0 Å². The van der Waals surface area contributed by atoms with Crippen molar-refractivity contribution >= 4 is 137 Å². The number of hydrogen-bond acceptors (Lipinski definition) is 8. The van der Waals surface area contributed by atoms with E-state index in [0.717, 1.165) is 156 Å². The topological polar surface area (TPSA) is 295 Å². The monoisotopic (exact) mass is 1250 g/mol. The molecule has 0 unspecified atom stereocenters. The second-order valence-electron chi connectivity index (χ2n) is 21.5. The van der Waals surface area contributed by atoms with E-state index in [4.69, 9.17) is 19.9 Å². The quantitative estimate of drug-likeness (QED) is 0.0420. The number of aliphatic carboxylic acids is 4. The van der Waals surface area contributed by atoms with Gasteiger partial charge in [-0.15, -0.1) is 0 Å². The predicted molar refractivity (Wildman–Crippen MR) is 342 cm³/mol. The minimum absolute atomic E-state index is 0. The summed E-state index contributed by atoms with van der Waals surface area (Å²) in [6.07, 6.45) is 8.40. The van der Waals surface area contributed by atoms with E-state index in [0.29, 0.717) is 48.5 Å². The number of hydrogen-bond donors (Lipinski definition) is 8. The Hall–Kier alpha value is -8.96. The molecule has 10 rings (SSSR count). The molecule has 446 valence electrons. The van der Waals surface area contributed by atoms with E-state index in [1.54, 1.807) is 0 Å². The summed E-state index contributed by atoms with van der Waals surface area (Å²) in [5.74, 6) is -3.55. The van der Waals surface area contributed by atoms with Crippen LogP contribution < -0.4 is 0 Å². The number of carbonyl (C=O) groups is 4. The Morgan fingerprint density at radius 2 is 0.540 bits per heavy atom. The van der Waals surface area contributed by atoms with Crippen molar-refractivity contribution in [2.45, 2.75) is 107 Å². The molecule has 0 amide bonds. The molecule has 19 heteroatoms. The number of carboxylic acids is 4. The van der Waals surface area contributed by atoms with Crippen LogP contribution in [0.2, 0.25) is 0 Å². The summed E-state index contributed by atoms with van der Waals surface area (Å²) in [5.41, 5.74) is 27.4. The van der Waals surface area contributed by atoms with Gasteiger partial charge in [0.15, 0.2) is 0 Å². The van der Waals surface area contributed by atoms with Gasteiger partial charge in [-0.25, -0.2) is 19.9 Å². The van der Waals surface area contributed by atoms with Crippen molar-refractivity contribution in [1.82, 2.24) is 39.9 Å². The van der Waals surface area contributed by atoms with Crippen LogP contribution in [-0.4, -0.2) is 89.7 Å². The van der Waals surface area contributed by atoms with Gasteiger partial charge < -0.3 is 45.8 Å². The number of aryl methyl sites for hydroxylation is 4. The standard InChI is InChI=1S/2C34H34N4O4.2Fe.H2O/c2*1-7-21-17(3)25-13-26-19(5)23(9-11-33(39)40)31(37-26)16-32-24(10-12-34(41)42)20(6)28(38-32)15-30-22(8-2)18(4)27(36-30)14-29(21)35-25;;;/h2*7-8,13-16,35-36H,1-2,9-12H2,3-6H3,(H,39,40)(H,41,42);;;1H2/q;;2*+3;. The molecule has 2 radical (unpaired) electrons. The molecule has 0 saturated heterocycles. The van der Waals surface area contributed by atoms with E-state index in [-0.39, 0.29) is 65.3 Å². The number of nitrogens with zero attached hydrogens (tertiary/aromatic N) is 4. The van der Waals surface area contributed by atoms with Crippen LogP contribution in [0, 0.1) is 27.7 Å². The fourth-order valence-corrected chi connectivity index (χ4v) is 11.5. The normalized spacial score (nSPS) is 12.6. The Bertz CT molecular complexity index is 4130. The third-order valence-electron chi connectivity index (χ3n) is 16.4. The van der Waals surface area contributed by atoms with Gasteiger partial charge in [0.1, 0.15) is 0 Å². The Labute approximate surface area is 524 Å². The van der Waals surface area contributed by atoms with Crippen LogP contribution in [0.1, 0.15) is 169 Å². The number of fused-ring (bicyclic) bond motifs is 16. The van der Waals surface area contributed by atoms with Gasteiger partial charge in [-0.3, -0.25) is 19.2 Å². The summed E-state index contributed by atoms with van der Waals surface area (Å²) in [6, 6.07) is 15.8. The maximum Gasteiger partial charge on any atom is 3.00 e. The van der Waals surface area contributed by atoms with E-state index in [9.17, 15) is 39.6 Å². The van der Waals surface area contributed by atoms with E-state index in [1.807, 2.05) is 116 Å². The molecule has 0 saturated carbocycles. The van der Waals surface area contributed by atoms with E-state index >= 15 is 0 Å². The molecule has 4 aliphatic rings. The predicted octanol–water partition coefficient (Wildman–Crippen LogP) is 14.8. The van der Waals surface area contributed by atoms with Gasteiger partial charge >= 0.3 is 58.0 Å². The smallest absolute Gasteiger partial charge is 0.481 e. The van der Waals surface area contributed by atoms with Crippen LogP contribution >= 0.6 is 0 Å². The zero-order valence-electron chi connectivity index (χ0n) is 49.8. The first-order chi connectivity index (χ1) is 40.0. The minimum atomic E-state index is -0.889.